The summed E-state index contributed by atoms with van der Waals surface area (Å²) >= 11 is 0. The Balaban J connectivity index is 1.81. The van der Waals surface area contributed by atoms with Crippen molar-refractivity contribution in [1.29, 1.82) is 0 Å². The van der Waals surface area contributed by atoms with Crippen molar-refractivity contribution < 1.29 is 27.5 Å². The summed E-state index contributed by atoms with van der Waals surface area (Å²) < 4.78 is 45.3. The minimum Gasteiger partial charge on any atom is -0.444 e. The number of ether oxygens (including phenoxy) is 1. The van der Waals surface area contributed by atoms with Gasteiger partial charge >= 0.3 is 12.3 Å². The summed E-state index contributed by atoms with van der Waals surface area (Å²) in [5, 5.41) is 0. The van der Waals surface area contributed by atoms with E-state index in [2.05, 4.69) is 0 Å². The van der Waals surface area contributed by atoms with E-state index >= 15 is 0 Å². The standard InChI is InChI=1S/C27H33F3N2O3/c1-18-13-19(15-21(14-18)27(28,29)30)16-31(5)24(33)22-11-12-32(25(34)35-26(2,3)4)17-23(22)20-9-7-6-8-10-20/h6-10,13-15,22-23H,11-12,16-17H2,1-5H3/t22-,23+/m1/s1. The zero-order valence-corrected chi connectivity index (χ0v) is 20.9. The van der Waals surface area contributed by atoms with E-state index in [-0.39, 0.29) is 18.4 Å². The second-order valence-electron chi connectivity index (χ2n) is 10.2. The number of carbonyl (C=O) groups is 2. The van der Waals surface area contributed by atoms with Gasteiger partial charge in [-0.15, -0.1) is 0 Å². The van der Waals surface area contributed by atoms with E-state index in [1.807, 2.05) is 30.3 Å². The average Bonchev–Trinajstić information content (AvgIpc) is 2.76. The van der Waals surface area contributed by atoms with Crippen molar-refractivity contribution in [3.63, 3.8) is 0 Å². The van der Waals surface area contributed by atoms with Gasteiger partial charge in [0.25, 0.3) is 0 Å². The number of rotatable bonds is 4. The lowest BCUT2D eigenvalue weighted by Gasteiger charge is -2.40. The third-order valence-electron chi connectivity index (χ3n) is 6.07. The summed E-state index contributed by atoms with van der Waals surface area (Å²) in [4.78, 5) is 29.3. The van der Waals surface area contributed by atoms with E-state index in [1.54, 1.807) is 45.7 Å². The molecule has 0 N–H and O–H groups in total. The van der Waals surface area contributed by atoms with Crippen molar-refractivity contribution in [3.05, 3.63) is 70.8 Å². The summed E-state index contributed by atoms with van der Waals surface area (Å²) in [6, 6.07) is 13.4. The Morgan fingerprint density at radius 3 is 2.34 bits per heavy atom. The van der Waals surface area contributed by atoms with Crippen LogP contribution in [0.2, 0.25) is 0 Å². The fourth-order valence-corrected chi connectivity index (χ4v) is 4.53. The van der Waals surface area contributed by atoms with Crippen LogP contribution in [0.5, 0.6) is 0 Å². The normalized spacial score (nSPS) is 18.8. The highest BCUT2D eigenvalue weighted by Crippen LogP contribution is 2.35. The predicted octanol–water partition coefficient (Wildman–Crippen LogP) is 6.01. The van der Waals surface area contributed by atoms with Crippen LogP contribution in [-0.2, 0) is 22.3 Å². The van der Waals surface area contributed by atoms with Crippen LogP contribution in [0.25, 0.3) is 0 Å². The van der Waals surface area contributed by atoms with Gasteiger partial charge in [-0.3, -0.25) is 4.79 Å². The molecule has 0 spiro atoms. The quantitative estimate of drug-likeness (QED) is 0.527. The number of carbonyl (C=O) groups excluding carboxylic acids is 2. The minimum absolute atomic E-state index is 0.0668. The molecule has 35 heavy (non-hydrogen) atoms. The molecule has 5 nitrogen and oxygen atoms in total. The summed E-state index contributed by atoms with van der Waals surface area (Å²) in [6.07, 6.45) is -4.43. The number of benzene rings is 2. The Kier molecular flexibility index (Phi) is 7.82. The van der Waals surface area contributed by atoms with Crippen molar-refractivity contribution in [1.82, 2.24) is 9.80 Å². The Hall–Kier alpha value is -3.03. The molecule has 1 fully saturated rings. The largest absolute Gasteiger partial charge is 0.444 e. The summed E-state index contributed by atoms with van der Waals surface area (Å²) in [7, 11) is 1.61. The molecule has 8 heteroatoms. The van der Waals surface area contributed by atoms with Crippen LogP contribution in [0.15, 0.2) is 48.5 Å². The van der Waals surface area contributed by atoms with E-state index in [1.165, 1.54) is 4.90 Å². The van der Waals surface area contributed by atoms with Gasteiger partial charge in [0.1, 0.15) is 5.60 Å². The van der Waals surface area contributed by atoms with Gasteiger partial charge in [0, 0.05) is 38.5 Å². The highest BCUT2D eigenvalue weighted by molar-refractivity contribution is 5.80. The van der Waals surface area contributed by atoms with Gasteiger partial charge in [-0.25, -0.2) is 4.79 Å². The van der Waals surface area contributed by atoms with Crippen LogP contribution >= 0.6 is 0 Å². The first-order valence-electron chi connectivity index (χ1n) is 11.7. The maximum atomic E-state index is 13.5. The first kappa shape index (κ1) is 26.6. The first-order valence-corrected chi connectivity index (χ1v) is 11.7. The van der Waals surface area contributed by atoms with Gasteiger partial charge in [-0.05, 0) is 57.4 Å². The molecule has 0 aromatic heterocycles. The molecular weight excluding hydrogens is 457 g/mol. The number of alkyl halides is 3. The second kappa shape index (κ2) is 10.3. The number of amides is 2. The van der Waals surface area contributed by atoms with E-state index < -0.39 is 29.4 Å². The molecule has 1 heterocycles. The second-order valence-corrected chi connectivity index (χ2v) is 10.2. The van der Waals surface area contributed by atoms with Gasteiger partial charge in [0.05, 0.1) is 5.56 Å². The zero-order chi connectivity index (χ0) is 26.0. The van der Waals surface area contributed by atoms with Crippen molar-refractivity contribution >= 4 is 12.0 Å². The molecule has 0 saturated carbocycles. The van der Waals surface area contributed by atoms with Crippen molar-refractivity contribution in [2.45, 2.75) is 58.4 Å². The van der Waals surface area contributed by atoms with E-state index in [0.29, 0.717) is 30.6 Å². The van der Waals surface area contributed by atoms with Crippen LogP contribution in [-0.4, -0.2) is 47.5 Å². The Morgan fingerprint density at radius 2 is 1.74 bits per heavy atom. The first-order chi connectivity index (χ1) is 16.2. The smallest absolute Gasteiger partial charge is 0.416 e. The highest BCUT2D eigenvalue weighted by atomic mass is 19.4. The molecule has 1 aliphatic rings. The van der Waals surface area contributed by atoms with Crippen LogP contribution in [0.1, 0.15) is 55.4 Å². The van der Waals surface area contributed by atoms with E-state index in [9.17, 15) is 22.8 Å². The third kappa shape index (κ3) is 6.99. The third-order valence-corrected chi connectivity index (χ3v) is 6.07. The van der Waals surface area contributed by atoms with Gasteiger partial charge in [-0.1, -0.05) is 42.0 Å². The fourth-order valence-electron chi connectivity index (χ4n) is 4.53. The monoisotopic (exact) mass is 490 g/mol. The fraction of sp³-hybridized carbons (Fsp3) is 0.481. The van der Waals surface area contributed by atoms with Gasteiger partial charge in [0.15, 0.2) is 0 Å². The number of nitrogens with zero attached hydrogens (tertiary/aromatic N) is 2. The van der Waals surface area contributed by atoms with Crippen molar-refractivity contribution in [3.8, 4) is 0 Å². The molecule has 0 aliphatic carbocycles. The Morgan fingerprint density at radius 1 is 1.09 bits per heavy atom. The SMILES string of the molecule is Cc1cc(CN(C)C(=O)[C@@H]2CCN(C(=O)OC(C)(C)C)C[C@H]2c2ccccc2)cc(C(F)(F)F)c1. The number of aryl methyl sites for hydroxylation is 1. The molecule has 190 valence electrons. The molecule has 2 amide bonds. The average molecular weight is 491 g/mol. The molecule has 2 aromatic carbocycles. The Labute approximate surface area is 204 Å². The molecule has 0 unspecified atom stereocenters. The maximum absolute atomic E-state index is 13.5. The maximum Gasteiger partial charge on any atom is 0.416 e. The number of piperidine rings is 1. The molecule has 0 radical (unpaired) electrons. The highest BCUT2D eigenvalue weighted by Gasteiger charge is 2.39. The molecule has 1 aliphatic heterocycles. The van der Waals surface area contributed by atoms with Gasteiger partial charge in [-0.2, -0.15) is 13.2 Å². The van der Waals surface area contributed by atoms with Gasteiger partial charge < -0.3 is 14.5 Å². The van der Waals surface area contributed by atoms with Crippen molar-refractivity contribution in [2.75, 3.05) is 20.1 Å². The number of likely N-dealkylation sites (tertiary alicyclic amines) is 1. The van der Waals surface area contributed by atoms with E-state index in [0.717, 1.165) is 17.7 Å². The van der Waals surface area contributed by atoms with E-state index in [4.69, 9.17) is 4.74 Å². The lowest BCUT2D eigenvalue weighted by Crippen LogP contribution is -2.48. The molecule has 0 bridgehead atoms. The summed E-state index contributed by atoms with van der Waals surface area (Å²) in [5.74, 6) is -0.818. The summed E-state index contributed by atoms with van der Waals surface area (Å²) in [5.41, 5.74) is 0.498. The topological polar surface area (TPSA) is 49.9 Å². The van der Waals surface area contributed by atoms with Crippen LogP contribution in [0, 0.1) is 12.8 Å². The number of hydrogen-bond acceptors (Lipinski definition) is 3. The zero-order valence-electron chi connectivity index (χ0n) is 20.9. The molecule has 2 aromatic rings. The van der Waals surface area contributed by atoms with Crippen LogP contribution < -0.4 is 0 Å². The molecule has 3 rings (SSSR count). The van der Waals surface area contributed by atoms with Gasteiger partial charge in [0.2, 0.25) is 5.91 Å². The number of hydrogen-bond donors (Lipinski definition) is 0. The predicted molar refractivity (Wildman–Crippen MR) is 128 cm³/mol. The number of halogens is 3. The molecular formula is C27H33F3N2O3. The van der Waals surface area contributed by atoms with Crippen molar-refractivity contribution in [2.24, 2.45) is 5.92 Å². The van der Waals surface area contributed by atoms with Crippen LogP contribution in [0.4, 0.5) is 18.0 Å². The lowest BCUT2D eigenvalue weighted by atomic mass is 9.80. The molecule has 2 atom stereocenters. The minimum atomic E-state index is -4.45. The van der Waals surface area contributed by atoms with Crippen LogP contribution in [0.3, 0.4) is 0 Å². The lowest BCUT2D eigenvalue weighted by molar-refractivity contribution is -0.137. The summed E-state index contributed by atoms with van der Waals surface area (Å²) in [6.45, 7) is 7.79. The molecule has 1 saturated heterocycles. The Bertz CT molecular complexity index is 1050.